The van der Waals surface area contributed by atoms with E-state index in [4.69, 9.17) is 4.42 Å². The Labute approximate surface area is 222 Å². The predicted molar refractivity (Wildman–Crippen MR) is 146 cm³/mol. The molecule has 3 heterocycles. The van der Waals surface area contributed by atoms with Crippen LogP contribution in [0.15, 0.2) is 71.3 Å². The van der Waals surface area contributed by atoms with Crippen LogP contribution in [-0.4, -0.2) is 43.5 Å². The van der Waals surface area contributed by atoms with Crippen molar-refractivity contribution in [1.82, 2.24) is 14.5 Å². The highest BCUT2D eigenvalue weighted by Gasteiger charge is 2.41. The summed E-state index contributed by atoms with van der Waals surface area (Å²) in [7, 11) is 0. The van der Waals surface area contributed by atoms with Crippen LogP contribution in [0, 0.1) is 6.92 Å². The molecule has 3 N–H and O–H groups in total. The van der Waals surface area contributed by atoms with Crippen LogP contribution in [0.25, 0.3) is 21.7 Å². The SMILES string of the molecule is Cc1ncc(-c2ccc(C(=O)Nc3nc4cc(NCC(=O)c5ccccc5)ccc4n3CC3(O)CC3)s2)o1. The van der Waals surface area contributed by atoms with E-state index in [1.54, 1.807) is 31.3 Å². The Morgan fingerprint density at radius 3 is 2.68 bits per heavy atom. The lowest BCUT2D eigenvalue weighted by Crippen LogP contribution is -2.21. The van der Waals surface area contributed by atoms with Crippen molar-refractivity contribution < 1.29 is 19.1 Å². The fourth-order valence-corrected chi connectivity index (χ4v) is 5.08. The number of nitrogens with zero attached hydrogens (tertiary/aromatic N) is 3. The number of hydrogen-bond donors (Lipinski definition) is 3. The first-order chi connectivity index (χ1) is 18.4. The Morgan fingerprint density at radius 2 is 1.95 bits per heavy atom. The summed E-state index contributed by atoms with van der Waals surface area (Å²) in [5, 5.41) is 16.7. The van der Waals surface area contributed by atoms with Crippen molar-refractivity contribution in [3.05, 3.63) is 83.2 Å². The second-order valence-corrected chi connectivity index (χ2v) is 10.5. The number of aryl methyl sites for hydroxylation is 1. The second-order valence-electron chi connectivity index (χ2n) is 9.45. The van der Waals surface area contributed by atoms with Crippen molar-refractivity contribution >= 4 is 45.7 Å². The van der Waals surface area contributed by atoms with Crippen LogP contribution >= 0.6 is 11.3 Å². The Bertz CT molecular complexity index is 1650. The Morgan fingerprint density at radius 1 is 1.13 bits per heavy atom. The highest BCUT2D eigenvalue weighted by Crippen LogP contribution is 2.39. The van der Waals surface area contributed by atoms with E-state index in [0.717, 1.165) is 16.1 Å². The lowest BCUT2D eigenvalue weighted by Gasteiger charge is -2.13. The number of ketones is 1. The van der Waals surface area contributed by atoms with Gasteiger partial charge in [0.25, 0.3) is 5.91 Å². The predicted octanol–water partition coefficient (Wildman–Crippen LogP) is 5.13. The number of oxazole rings is 1. The lowest BCUT2D eigenvalue weighted by molar-refractivity contribution is 0.100. The number of fused-ring (bicyclic) bond motifs is 1. The Balaban J connectivity index is 1.24. The summed E-state index contributed by atoms with van der Waals surface area (Å²) in [5.74, 6) is 1.21. The Hall–Kier alpha value is -4.28. The highest BCUT2D eigenvalue weighted by atomic mass is 32.1. The van der Waals surface area contributed by atoms with E-state index in [2.05, 4.69) is 20.6 Å². The van der Waals surface area contributed by atoms with Crippen LogP contribution in [0.1, 0.15) is 38.8 Å². The Kier molecular flexibility index (Phi) is 6.05. The van der Waals surface area contributed by atoms with E-state index in [-0.39, 0.29) is 18.2 Å². The number of rotatable bonds is 9. The minimum Gasteiger partial charge on any atom is -0.440 e. The number of hydrogen-bond acceptors (Lipinski definition) is 8. The normalized spacial score (nSPS) is 13.9. The molecule has 1 aliphatic rings. The van der Waals surface area contributed by atoms with Crippen LogP contribution in [-0.2, 0) is 6.54 Å². The summed E-state index contributed by atoms with van der Waals surface area (Å²) in [4.78, 5) is 35.7. The molecule has 9 nitrogen and oxygen atoms in total. The molecular weight excluding hydrogens is 502 g/mol. The van der Waals surface area contributed by atoms with Gasteiger partial charge >= 0.3 is 0 Å². The molecule has 0 bridgehead atoms. The van der Waals surface area contributed by atoms with E-state index < -0.39 is 5.60 Å². The molecule has 192 valence electrons. The maximum Gasteiger partial charge on any atom is 0.268 e. The minimum absolute atomic E-state index is 0.0176. The van der Waals surface area contributed by atoms with Gasteiger partial charge in [0.05, 0.1) is 45.7 Å². The number of Topliss-reactive ketones (excluding diaryl/α,β-unsaturated/α-hetero) is 1. The smallest absolute Gasteiger partial charge is 0.268 e. The topological polar surface area (TPSA) is 122 Å². The summed E-state index contributed by atoms with van der Waals surface area (Å²) in [6, 6.07) is 18.3. The standard InChI is InChI=1S/C28H25N5O4S/c1-17-29-15-23(37-17)24-9-10-25(38-24)26(35)32-27-31-20-13-19(30-14-22(34)18-5-3-2-4-6-18)7-8-21(20)33(27)16-28(36)11-12-28/h2-10,13,15,30,36H,11-12,14,16H2,1H3,(H,31,32,35). The van der Waals surface area contributed by atoms with Crippen molar-refractivity contribution in [2.45, 2.75) is 31.9 Å². The van der Waals surface area contributed by atoms with Gasteiger partial charge < -0.3 is 19.4 Å². The van der Waals surface area contributed by atoms with Gasteiger partial charge in [0.2, 0.25) is 5.95 Å². The van der Waals surface area contributed by atoms with E-state index >= 15 is 0 Å². The molecular formula is C28H25N5O4S. The second kappa shape index (κ2) is 9.55. The summed E-state index contributed by atoms with van der Waals surface area (Å²) in [6.07, 6.45) is 3.04. The van der Waals surface area contributed by atoms with E-state index in [1.807, 2.05) is 47.0 Å². The van der Waals surface area contributed by atoms with Gasteiger partial charge in [-0.25, -0.2) is 9.97 Å². The van der Waals surface area contributed by atoms with Crippen molar-refractivity contribution in [2.75, 3.05) is 17.2 Å². The highest BCUT2D eigenvalue weighted by molar-refractivity contribution is 7.17. The number of nitrogens with one attached hydrogen (secondary N) is 2. The molecule has 0 saturated heterocycles. The van der Waals surface area contributed by atoms with Crippen molar-refractivity contribution in [1.29, 1.82) is 0 Å². The molecule has 10 heteroatoms. The molecule has 38 heavy (non-hydrogen) atoms. The zero-order chi connectivity index (χ0) is 26.3. The lowest BCUT2D eigenvalue weighted by atomic mass is 10.1. The number of aromatic nitrogens is 3. The maximum atomic E-state index is 13.1. The molecule has 1 amide bonds. The van der Waals surface area contributed by atoms with Gasteiger partial charge in [-0.05, 0) is 43.2 Å². The van der Waals surface area contributed by atoms with Crippen LogP contribution in [0.5, 0.6) is 0 Å². The first-order valence-electron chi connectivity index (χ1n) is 12.3. The van der Waals surface area contributed by atoms with Gasteiger partial charge in [0, 0.05) is 18.2 Å². The molecule has 0 spiro atoms. The number of aliphatic hydroxyl groups is 1. The van der Waals surface area contributed by atoms with Crippen LogP contribution < -0.4 is 10.6 Å². The molecule has 1 aliphatic carbocycles. The van der Waals surface area contributed by atoms with Crippen LogP contribution in [0.3, 0.4) is 0 Å². The van der Waals surface area contributed by atoms with Crippen LogP contribution in [0.4, 0.5) is 11.6 Å². The number of imidazole rings is 1. The summed E-state index contributed by atoms with van der Waals surface area (Å²) in [5.41, 5.74) is 2.00. The summed E-state index contributed by atoms with van der Waals surface area (Å²) >= 11 is 1.30. The molecule has 0 aliphatic heterocycles. The number of thiophene rings is 1. The van der Waals surface area contributed by atoms with E-state index in [0.29, 0.717) is 52.9 Å². The molecule has 1 fully saturated rings. The zero-order valence-corrected chi connectivity index (χ0v) is 21.4. The van der Waals surface area contributed by atoms with Crippen molar-refractivity contribution in [2.24, 2.45) is 0 Å². The average molecular weight is 528 g/mol. The van der Waals surface area contributed by atoms with Gasteiger partial charge in [0.15, 0.2) is 17.4 Å². The first kappa shape index (κ1) is 24.1. The molecule has 0 unspecified atom stereocenters. The van der Waals surface area contributed by atoms with Gasteiger partial charge in [-0.1, -0.05) is 30.3 Å². The van der Waals surface area contributed by atoms with E-state index in [1.165, 1.54) is 11.3 Å². The minimum atomic E-state index is -0.799. The third kappa shape index (κ3) is 4.96. The van der Waals surface area contributed by atoms with Gasteiger partial charge in [-0.3, -0.25) is 14.9 Å². The molecule has 6 rings (SSSR count). The quantitative estimate of drug-likeness (QED) is 0.227. The van der Waals surface area contributed by atoms with E-state index in [9.17, 15) is 14.7 Å². The number of amides is 1. The molecule has 0 radical (unpaired) electrons. The van der Waals surface area contributed by atoms with Gasteiger partial charge in [-0.2, -0.15) is 0 Å². The van der Waals surface area contributed by atoms with Gasteiger partial charge in [-0.15, -0.1) is 11.3 Å². The molecule has 2 aromatic carbocycles. The maximum absolute atomic E-state index is 13.1. The zero-order valence-electron chi connectivity index (χ0n) is 20.6. The number of anilines is 2. The molecule has 0 atom stereocenters. The number of carbonyl (C=O) groups excluding carboxylic acids is 2. The number of benzene rings is 2. The molecule has 3 aromatic heterocycles. The fourth-order valence-electron chi connectivity index (χ4n) is 4.23. The third-order valence-corrected chi connectivity index (χ3v) is 7.59. The monoisotopic (exact) mass is 527 g/mol. The fraction of sp³-hybridized carbons (Fsp3) is 0.214. The molecule has 5 aromatic rings. The summed E-state index contributed by atoms with van der Waals surface area (Å²) < 4.78 is 7.41. The first-order valence-corrected chi connectivity index (χ1v) is 13.1. The third-order valence-electron chi connectivity index (χ3n) is 6.50. The van der Waals surface area contributed by atoms with Crippen molar-refractivity contribution in [3.8, 4) is 10.6 Å². The summed E-state index contributed by atoms with van der Waals surface area (Å²) in [6.45, 7) is 2.24. The van der Waals surface area contributed by atoms with Gasteiger partial charge in [0.1, 0.15) is 0 Å². The van der Waals surface area contributed by atoms with Crippen LogP contribution in [0.2, 0.25) is 0 Å². The van der Waals surface area contributed by atoms with Crippen molar-refractivity contribution in [3.63, 3.8) is 0 Å². The largest absolute Gasteiger partial charge is 0.440 e. The molecule has 1 saturated carbocycles. The average Bonchev–Trinajstić information content (AvgIpc) is 3.26. The number of carbonyl (C=O) groups is 2.